The van der Waals surface area contributed by atoms with E-state index in [2.05, 4.69) is 17.0 Å². The highest BCUT2D eigenvalue weighted by Gasteiger charge is 2.23. The first-order chi connectivity index (χ1) is 11.6. The molecular formula is C19H20F2N2O. The van der Waals surface area contributed by atoms with E-state index >= 15 is 0 Å². The van der Waals surface area contributed by atoms with E-state index in [0.29, 0.717) is 13.1 Å². The Morgan fingerprint density at radius 1 is 0.958 bits per heavy atom. The Kier molecular flexibility index (Phi) is 5.20. The van der Waals surface area contributed by atoms with Crippen LogP contribution in [0, 0.1) is 11.6 Å². The van der Waals surface area contributed by atoms with Crippen molar-refractivity contribution in [2.75, 3.05) is 26.2 Å². The molecule has 126 valence electrons. The largest absolute Gasteiger partial charge is 0.337 e. The summed E-state index contributed by atoms with van der Waals surface area (Å²) in [6, 6.07) is 13.2. The van der Waals surface area contributed by atoms with Crippen molar-refractivity contribution in [3.8, 4) is 0 Å². The second-order valence-corrected chi connectivity index (χ2v) is 6.03. The number of carbonyl (C=O) groups excluding carboxylic acids is 1. The van der Waals surface area contributed by atoms with E-state index in [1.807, 2.05) is 18.2 Å². The van der Waals surface area contributed by atoms with Crippen LogP contribution in [0.4, 0.5) is 8.78 Å². The lowest BCUT2D eigenvalue weighted by Gasteiger charge is -2.22. The Labute approximate surface area is 140 Å². The molecule has 1 amide bonds. The van der Waals surface area contributed by atoms with Crippen LogP contribution in [0.25, 0.3) is 0 Å². The van der Waals surface area contributed by atoms with Crippen molar-refractivity contribution in [2.24, 2.45) is 0 Å². The van der Waals surface area contributed by atoms with E-state index in [1.54, 1.807) is 4.90 Å². The summed E-state index contributed by atoms with van der Waals surface area (Å²) in [4.78, 5) is 16.4. The van der Waals surface area contributed by atoms with Crippen LogP contribution in [-0.2, 0) is 6.54 Å². The smallest absolute Gasteiger partial charge is 0.256 e. The fourth-order valence-electron chi connectivity index (χ4n) is 3.01. The maximum atomic E-state index is 13.8. The summed E-state index contributed by atoms with van der Waals surface area (Å²) in [6.07, 6.45) is 0.815. The van der Waals surface area contributed by atoms with Gasteiger partial charge in [-0.05, 0) is 30.2 Å². The number of hydrogen-bond donors (Lipinski definition) is 0. The Bertz CT molecular complexity index is 706. The van der Waals surface area contributed by atoms with Gasteiger partial charge in [0.2, 0.25) is 0 Å². The van der Waals surface area contributed by atoms with Gasteiger partial charge in [-0.2, -0.15) is 0 Å². The summed E-state index contributed by atoms with van der Waals surface area (Å²) in [5.41, 5.74) is 1.04. The van der Waals surface area contributed by atoms with Crippen LogP contribution in [0.5, 0.6) is 0 Å². The van der Waals surface area contributed by atoms with E-state index in [-0.39, 0.29) is 5.56 Å². The van der Waals surface area contributed by atoms with Gasteiger partial charge in [-0.15, -0.1) is 0 Å². The van der Waals surface area contributed by atoms with Gasteiger partial charge in [0.05, 0.1) is 5.56 Å². The molecule has 0 saturated carbocycles. The molecule has 5 heteroatoms. The molecule has 0 unspecified atom stereocenters. The Morgan fingerprint density at radius 2 is 1.75 bits per heavy atom. The molecule has 1 saturated heterocycles. The Hall–Kier alpha value is -2.27. The van der Waals surface area contributed by atoms with Crippen molar-refractivity contribution in [3.05, 3.63) is 71.3 Å². The second kappa shape index (κ2) is 7.53. The van der Waals surface area contributed by atoms with Gasteiger partial charge in [-0.25, -0.2) is 8.78 Å². The second-order valence-electron chi connectivity index (χ2n) is 6.03. The lowest BCUT2D eigenvalue weighted by atomic mass is 10.1. The third-order valence-electron chi connectivity index (χ3n) is 4.28. The van der Waals surface area contributed by atoms with Gasteiger partial charge < -0.3 is 4.90 Å². The molecular weight excluding hydrogens is 310 g/mol. The van der Waals surface area contributed by atoms with Crippen LogP contribution >= 0.6 is 0 Å². The summed E-state index contributed by atoms with van der Waals surface area (Å²) < 4.78 is 27.1. The van der Waals surface area contributed by atoms with Crippen LogP contribution in [0.15, 0.2) is 48.5 Å². The Balaban J connectivity index is 1.65. The van der Waals surface area contributed by atoms with E-state index < -0.39 is 17.5 Å². The van der Waals surface area contributed by atoms with Crippen molar-refractivity contribution in [1.29, 1.82) is 0 Å². The molecule has 2 aromatic rings. The minimum Gasteiger partial charge on any atom is -0.337 e. The van der Waals surface area contributed by atoms with E-state index in [9.17, 15) is 13.6 Å². The van der Waals surface area contributed by atoms with Gasteiger partial charge >= 0.3 is 0 Å². The highest BCUT2D eigenvalue weighted by Crippen LogP contribution is 2.15. The van der Waals surface area contributed by atoms with Crippen LogP contribution in [0.2, 0.25) is 0 Å². The predicted octanol–water partition coefficient (Wildman–Crippen LogP) is 3.31. The summed E-state index contributed by atoms with van der Waals surface area (Å²) in [5.74, 6) is -1.71. The quantitative estimate of drug-likeness (QED) is 0.862. The monoisotopic (exact) mass is 330 g/mol. The van der Waals surface area contributed by atoms with Crippen molar-refractivity contribution >= 4 is 5.91 Å². The summed E-state index contributed by atoms with van der Waals surface area (Å²) in [5, 5.41) is 0. The lowest BCUT2D eigenvalue weighted by Crippen LogP contribution is -2.35. The van der Waals surface area contributed by atoms with Gasteiger partial charge in [0.25, 0.3) is 5.91 Å². The lowest BCUT2D eigenvalue weighted by molar-refractivity contribution is 0.0756. The third-order valence-corrected chi connectivity index (χ3v) is 4.28. The van der Waals surface area contributed by atoms with Crippen LogP contribution in [-0.4, -0.2) is 41.9 Å². The average molecular weight is 330 g/mol. The normalized spacial score (nSPS) is 16.0. The van der Waals surface area contributed by atoms with Gasteiger partial charge in [0.1, 0.15) is 11.6 Å². The van der Waals surface area contributed by atoms with Crippen LogP contribution in [0.1, 0.15) is 22.3 Å². The predicted molar refractivity (Wildman–Crippen MR) is 88.6 cm³/mol. The number of halogens is 2. The zero-order valence-electron chi connectivity index (χ0n) is 13.4. The molecule has 1 aliphatic heterocycles. The molecule has 0 spiro atoms. The van der Waals surface area contributed by atoms with Gasteiger partial charge in [-0.3, -0.25) is 9.69 Å². The minimum absolute atomic E-state index is 0.188. The molecule has 3 rings (SSSR count). The first kappa shape index (κ1) is 16.6. The fraction of sp³-hybridized carbons (Fsp3) is 0.316. The summed E-state index contributed by atoms with van der Waals surface area (Å²) >= 11 is 0. The molecule has 0 bridgehead atoms. The van der Waals surface area contributed by atoms with Crippen molar-refractivity contribution in [3.63, 3.8) is 0 Å². The molecule has 24 heavy (non-hydrogen) atoms. The topological polar surface area (TPSA) is 23.6 Å². The number of amides is 1. The molecule has 1 fully saturated rings. The van der Waals surface area contributed by atoms with Crippen molar-refractivity contribution in [2.45, 2.75) is 13.0 Å². The van der Waals surface area contributed by atoms with E-state index in [1.165, 1.54) is 5.56 Å². The first-order valence-corrected chi connectivity index (χ1v) is 8.14. The van der Waals surface area contributed by atoms with E-state index in [4.69, 9.17) is 0 Å². The van der Waals surface area contributed by atoms with Crippen molar-refractivity contribution < 1.29 is 13.6 Å². The summed E-state index contributed by atoms with van der Waals surface area (Å²) in [7, 11) is 0. The maximum Gasteiger partial charge on any atom is 0.256 e. The Morgan fingerprint density at radius 3 is 2.54 bits per heavy atom. The van der Waals surface area contributed by atoms with Crippen LogP contribution in [0.3, 0.4) is 0 Å². The molecule has 1 aliphatic rings. The molecule has 0 aromatic heterocycles. The number of nitrogens with zero attached hydrogens (tertiary/aromatic N) is 2. The highest BCUT2D eigenvalue weighted by molar-refractivity contribution is 5.94. The van der Waals surface area contributed by atoms with Gasteiger partial charge in [0, 0.05) is 32.7 Å². The van der Waals surface area contributed by atoms with Crippen molar-refractivity contribution in [1.82, 2.24) is 9.80 Å². The molecule has 3 nitrogen and oxygen atoms in total. The number of carbonyl (C=O) groups is 1. The molecule has 1 heterocycles. The fourth-order valence-corrected chi connectivity index (χ4v) is 3.01. The summed E-state index contributed by atoms with van der Waals surface area (Å²) in [6.45, 7) is 3.50. The van der Waals surface area contributed by atoms with Gasteiger partial charge in [-0.1, -0.05) is 30.3 Å². The maximum absolute atomic E-state index is 13.8. The van der Waals surface area contributed by atoms with Gasteiger partial charge in [0.15, 0.2) is 0 Å². The van der Waals surface area contributed by atoms with Crippen LogP contribution < -0.4 is 0 Å². The molecule has 0 radical (unpaired) electrons. The zero-order valence-corrected chi connectivity index (χ0v) is 13.4. The SMILES string of the molecule is O=C(c1cc(F)ccc1F)N1CCCN(Cc2ccccc2)CC1. The zero-order chi connectivity index (χ0) is 16.9. The number of rotatable bonds is 3. The third kappa shape index (κ3) is 3.97. The van der Waals surface area contributed by atoms with E-state index in [0.717, 1.165) is 44.3 Å². The molecule has 2 aromatic carbocycles. The number of hydrogen-bond acceptors (Lipinski definition) is 2. The molecule has 0 atom stereocenters. The molecule has 0 aliphatic carbocycles. The first-order valence-electron chi connectivity index (χ1n) is 8.14. The standard InChI is InChI=1S/C19H20F2N2O/c20-16-7-8-18(21)17(13-16)19(24)23-10-4-9-22(11-12-23)14-15-5-2-1-3-6-15/h1-3,5-8,13H,4,9-12,14H2. The number of benzene rings is 2. The minimum atomic E-state index is -0.674. The highest BCUT2D eigenvalue weighted by atomic mass is 19.1. The average Bonchev–Trinajstić information content (AvgIpc) is 2.83. The molecule has 0 N–H and O–H groups in total.